The van der Waals surface area contributed by atoms with Crippen LogP contribution in [-0.2, 0) is 5.41 Å². The van der Waals surface area contributed by atoms with E-state index in [9.17, 15) is 0 Å². The number of allylic oxidation sites excluding steroid dienone is 4. The van der Waals surface area contributed by atoms with Gasteiger partial charge in [-0.15, -0.1) is 0 Å². The van der Waals surface area contributed by atoms with Crippen molar-refractivity contribution in [3.8, 4) is 55.6 Å². The molecule has 88 heavy (non-hydrogen) atoms. The van der Waals surface area contributed by atoms with E-state index < -0.39 is 5.41 Å². The van der Waals surface area contributed by atoms with Crippen LogP contribution in [0.15, 0.2) is 346 Å². The summed E-state index contributed by atoms with van der Waals surface area (Å²) in [5.74, 6) is 0. The average Bonchev–Trinajstić information content (AvgIpc) is 1.58. The van der Waals surface area contributed by atoms with Gasteiger partial charge < -0.3 is 14.7 Å². The fourth-order valence-corrected chi connectivity index (χ4v) is 14.1. The van der Waals surface area contributed by atoms with Crippen molar-refractivity contribution < 1.29 is 0 Å². The minimum atomic E-state index is -0.658. The first-order valence-electron chi connectivity index (χ1n) is 30.6. The monoisotopic (exact) mass is 1120 g/mol. The molecule has 3 nitrogen and oxygen atoms in total. The number of anilines is 9. The number of rotatable bonds is 13. The number of nitrogens with zero attached hydrogens (tertiary/aromatic N) is 3. The Labute approximate surface area is 516 Å². The summed E-state index contributed by atoms with van der Waals surface area (Å²) in [4.78, 5) is 7.27. The molecule has 3 aliphatic rings. The fraction of sp³-hybridized carbons (Fsp3) is 0.0353. The Morgan fingerprint density at radius 1 is 0.227 bits per heavy atom. The number of hydrogen-bond acceptors (Lipinski definition) is 3. The summed E-state index contributed by atoms with van der Waals surface area (Å²) in [7, 11) is 0. The molecule has 0 bridgehead atoms. The van der Waals surface area contributed by atoms with Crippen molar-refractivity contribution in [2.24, 2.45) is 0 Å². The third-order valence-corrected chi connectivity index (χ3v) is 18.1. The molecule has 0 fully saturated rings. The average molecular weight is 1120 g/mol. The van der Waals surface area contributed by atoms with Gasteiger partial charge in [0.1, 0.15) is 0 Å². The summed E-state index contributed by atoms with van der Waals surface area (Å²) in [5, 5.41) is 0. The van der Waals surface area contributed by atoms with Gasteiger partial charge in [0.2, 0.25) is 0 Å². The van der Waals surface area contributed by atoms with Gasteiger partial charge in [-0.3, -0.25) is 0 Å². The molecule has 0 saturated heterocycles. The Kier molecular flexibility index (Phi) is 13.3. The number of fused-ring (bicyclic) bond motifs is 10. The topological polar surface area (TPSA) is 9.72 Å². The van der Waals surface area contributed by atoms with Gasteiger partial charge >= 0.3 is 0 Å². The van der Waals surface area contributed by atoms with E-state index in [1.165, 1.54) is 77.9 Å². The zero-order valence-electron chi connectivity index (χ0n) is 48.7. The molecule has 0 saturated carbocycles. The molecule has 13 aromatic rings. The zero-order valence-corrected chi connectivity index (χ0v) is 48.7. The highest BCUT2D eigenvalue weighted by molar-refractivity contribution is 5.99. The van der Waals surface area contributed by atoms with Crippen molar-refractivity contribution in [1.82, 2.24) is 0 Å². The molecule has 0 N–H and O–H groups in total. The highest BCUT2D eigenvalue weighted by Crippen LogP contribution is 2.64. The third-order valence-electron chi connectivity index (χ3n) is 18.1. The Balaban J connectivity index is 0.918. The van der Waals surface area contributed by atoms with E-state index in [1.807, 2.05) is 0 Å². The van der Waals surface area contributed by atoms with E-state index in [0.717, 1.165) is 75.2 Å². The predicted molar refractivity (Wildman–Crippen MR) is 369 cm³/mol. The lowest BCUT2D eigenvalue weighted by molar-refractivity contribution is 0.794. The molecule has 13 aromatic carbocycles. The van der Waals surface area contributed by atoms with Crippen LogP contribution in [0.5, 0.6) is 0 Å². The van der Waals surface area contributed by atoms with Crippen LogP contribution >= 0.6 is 0 Å². The maximum Gasteiger partial charge on any atom is 0.0726 e. The van der Waals surface area contributed by atoms with Crippen LogP contribution in [0.25, 0.3) is 61.2 Å². The second-order valence-electron chi connectivity index (χ2n) is 23.1. The minimum absolute atomic E-state index is 0.658. The molecular weight excluding hydrogens is 1060 g/mol. The van der Waals surface area contributed by atoms with Crippen LogP contribution in [0.2, 0.25) is 0 Å². The SMILES string of the molecule is C1=CC(c2ccc(N(c3ccccc3)c3ccc(N(c4ccccc4)c4ccc(-c5ccccc5)cc4)c(-c4ccc5c(c4)C4(c6ccccc6-c6ccccc64)c4cc(N(c6ccccc6)c6ccc(-c7ccccc7)cc6)ccc4-5)c3)cc2)=CCC1. The zero-order chi connectivity index (χ0) is 58.4. The molecule has 3 heteroatoms. The van der Waals surface area contributed by atoms with E-state index in [4.69, 9.17) is 0 Å². The molecule has 16 rings (SSSR count). The third kappa shape index (κ3) is 9.06. The maximum atomic E-state index is 2.54. The van der Waals surface area contributed by atoms with Gasteiger partial charge in [0.25, 0.3) is 0 Å². The predicted octanol–water partition coefficient (Wildman–Crippen LogP) is 23.2. The van der Waals surface area contributed by atoms with E-state index in [-0.39, 0.29) is 0 Å². The Hall–Kier alpha value is -11.3. The van der Waals surface area contributed by atoms with Gasteiger partial charge in [0.15, 0.2) is 0 Å². The van der Waals surface area contributed by atoms with Crippen LogP contribution < -0.4 is 14.7 Å². The first-order chi connectivity index (χ1) is 43.7. The van der Waals surface area contributed by atoms with Gasteiger partial charge in [-0.25, -0.2) is 0 Å². The van der Waals surface area contributed by atoms with E-state index in [2.05, 4.69) is 361 Å². The molecule has 1 spiro atoms. The van der Waals surface area contributed by atoms with Crippen molar-refractivity contribution in [3.63, 3.8) is 0 Å². The molecule has 416 valence electrons. The summed E-state index contributed by atoms with van der Waals surface area (Å²) >= 11 is 0. The van der Waals surface area contributed by atoms with Crippen LogP contribution in [0, 0.1) is 0 Å². The number of hydrogen-bond donors (Lipinski definition) is 0. The van der Waals surface area contributed by atoms with Crippen molar-refractivity contribution in [3.05, 3.63) is 374 Å². The molecule has 0 heterocycles. The van der Waals surface area contributed by atoms with Gasteiger partial charge in [-0.1, -0.05) is 237 Å². The largest absolute Gasteiger partial charge is 0.310 e. The van der Waals surface area contributed by atoms with Crippen molar-refractivity contribution in [1.29, 1.82) is 0 Å². The Morgan fingerprint density at radius 3 is 1.10 bits per heavy atom. The lowest BCUT2D eigenvalue weighted by Gasteiger charge is -2.33. The molecule has 0 amide bonds. The molecule has 0 aromatic heterocycles. The molecule has 0 unspecified atom stereocenters. The summed E-state index contributed by atoms with van der Waals surface area (Å²) in [5.41, 5.74) is 28.6. The summed E-state index contributed by atoms with van der Waals surface area (Å²) < 4.78 is 0. The summed E-state index contributed by atoms with van der Waals surface area (Å²) in [6, 6.07) is 121. The maximum absolute atomic E-state index is 2.54. The second-order valence-corrected chi connectivity index (χ2v) is 23.1. The van der Waals surface area contributed by atoms with Gasteiger partial charge in [0.05, 0.1) is 11.1 Å². The van der Waals surface area contributed by atoms with Gasteiger partial charge in [0, 0.05) is 51.1 Å². The van der Waals surface area contributed by atoms with E-state index in [0.29, 0.717) is 0 Å². The second kappa shape index (κ2) is 22.3. The smallest absolute Gasteiger partial charge is 0.0726 e. The Morgan fingerprint density at radius 2 is 0.591 bits per heavy atom. The standard InChI is InChI=1S/C85H61N3/c1-7-23-60(24-8-1)63-39-46-70(47-40-63)86(67-29-13-4-14-30-67)73-53-56-84(88(69-33-17-6-18-34-69)72-50-43-65(44-51-72)62-27-11-3-12-28-62)79(58-73)66-45-54-77-78-55-52-74(87(68-31-15-5-16-32-68)71-48-41-64(42-49-71)61-25-9-2-10-26-61)59-83(78)85(82(77)57-66)80-37-21-19-35-75(80)76-36-20-22-38-81(76)85/h2-7,9-59H,1,8H2. The molecule has 0 radical (unpaired) electrons. The fourth-order valence-electron chi connectivity index (χ4n) is 14.1. The van der Waals surface area contributed by atoms with Crippen molar-refractivity contribution >= 4 is 56.8 Å². The summed E-state index contributed by atoms with van der Waals surface area (Å²) in [6.07, 6.45) is 9.05. The number of para-hydroxylation sites is 3. The van der Waals surface area contributed by atoms with Crippen LogP contribution in [0.1, 0.15) is 40.7 Å². The lowest BCUT2D eigenvalue weighted by Crippen LogP contribution is -2.26. The quantitative estimate of drug-likeness (QED) is 0.114. The molecular formula is C85H61N3. The van der Waals surface area contributed by atoms with Gasteiger partial charge in [-0.2, -0.15) is 0 Å². The Bertz CT molecular complexity index is 4700. The van der Waals surface area contributed by atoms with Crippen molar-refractivity contribution in [2.45, 2.75) is 18.3 Å². The highest BCUT2D eigenvalue weighted by atomic mass is 15.2. The summed E-state index contributed by atoms with van der Waals surface area (Å²) in [6.45, 7) is 0. The van der Waals surface area contributed by atoms with Gasteiger partial charge in [-0.05, 0) is 205 Å². The highest BCUT2D eigenvalue weighted by Gasteiger charge is 2.52. The van der Waals surface area contributed by atoms with E-state index in [1.54, 1.807) is 0 Å². The van der Waals surface area contributed by atoms with Crippen LogP contribution in [-0.4, -0.2) is 0 Å². The van der Waals surface area contributed by atoms with E-state index >= 15 is 0 Å². The van der Waals surface area contributed by atoms with Crippen molar-refractivity contribution in [2.75, 3.05) is 14.7 Å². The van der Waals surface area contributed by atoms with Crippen LogP contribution in [0.3, 0.4) is 0 Å². The molecule has 0 atom stereocenters. The lowest BCUT2D eigenvalue weighted by atomic mass is 9.70. The molecule has 0 aliphatic heterocycles. The normalized spacial score (nSPS) is 13.0. The first-order valence-corrected chi connectivity index (χ1v) is 30.6. The number of benzene rings is 13. The minimum Gasteiger partial charge on any atom is -0.310 e. The first kappa shape index (κ1) is 52.3. The molecule has 3 aliphatic carbocycles. The van der Waals surface area contributed by atoms with Crippen LogP contribution in [0.4, 0.5) is 51.2 Å².